The van der Waals surface area contributed by atoms with Crippen LogP contribution in [0, 0.1) is 11.8 Å². The molecule has 0 saturated carbocycles. The molecule has 0 N–H and O–H groups in total. The minimum absolute atomic E-state index is 0.0704. The molecular weight excluding hydrogens is 548 g/mol. The highest BCUT2D eigenvalue weighted by atomic mass is 16.5. The molecule has 0 aliphatic heterocycles. The van der Waals surface area contributed by atoms with Crippen LogP contribution in [0.25, 0.3) is 0 Å². The zero-order chi connectivity index (χ0) is 32.2. The number of benzene rings is 2. The Morgan fingerprint density at radius 2 is 0.886 bits per heavy atom. The van der Waals surface area contributed by atoms with E-state index >= 15 is 0 Å². The van der Waals surface area contributed by atoms with Crippen LogP contribution in [0.5, 0.6) is 11.5 Å². The minimum Gasteiger partial charge on any atom is -0.494 e. The maximum Gasteiger partial charge on any atom is 0.167 e. The fourth-order valence-electron chi connectivity index (χ4n) is 5.55. The SMILES string of the molecule is CCCCOc1ccc(C(=O)[C@@H](CCCC[C@@H](CN(CC)CC)C(=O)c2ccc(OCCCC)cc2)CN(CC)CC)cc1. The van der Waals surface area contributed by atoms with Crippen molar-refractivity contribution in [3.63, 3.8) is 0 Å². The van der Waals surface area contributed by atoms with Gasteiger partial charge in [0.1, 0.15) is 11.5 Å². The first-order valence-corrected chi connectivity index (χ1v) is 17.4. The first-order chi connectivity index (χ1) is 21.4. The summed E-state index contributed by atoms with van der Waals surface area (Å²) in [6.07, 6.45) is 7.71. The second-order valence-electron chi connectivity index (χ2n) is 11.8. The molecule has 0 spiro atoms. The second-order valence-corrected chi connectivity index (χ2v) is 11.8. The zero-order valence-corrected chi connectivity index (χ0v) is 28.6. The molecule has 0 heterocycles. The molecule has 2 aromatic carbocycles. The van der Waals surface area contributed by atoms with Gasteiger partial charge in [0.15, 0.2) is 11.6 Å². The lowest BCUT2D eigenvalue weighted by molar-refractivity contribution is 0.0852. The van der Waals surface area contributed by atoms with Crippen LogP contribution >= 0.6 is 0 Å². The van der Waals surface area contributed by atoms with Crippen LogP contribution in [0.4, 0.5) is 0 Å². The number of ether oxygens (including phenoxy) is 2. The van der Waals surface area contributed by atoms with Crippen molar-refractivity contribution >= 4 is 11.6 Å². The Morgan fingerprint density at radius 3 is 1.18 bits per heavy atom. The van der Waals surface area contributed by atoms with Gasteiger partial charge in [0.25, 0.3) is 0 Å². The van der Waals surface area contributed by atoms with Crippen LogP contribution in [0.15, 0.2) is 48.5 Å². The van der Waals surface area contributed by atoms with Crippen LogP contribution in [0.3, 0.4) is 0 Å². The van der Waals surface area contributed by atoms with Crippen molar-refractivity contribution in [3.05, 3.63) is 59.7 Å². The summed E-state index contributed by atoms with van der Waals surface area (Å²) in [6, 6.07) is 15.3. The van der Waals surface area contributed by atoms with Gasteiger partial charge in [-0.15, -0.1) is 0 Å². The lowest BCUT2D eigenvalue weighted by atomic mass is 9.88. The number of unbranched alkanes of at least 4 members (excludes halogenated alkanes) is 3. The minimum atomic E-state index is -0.0704. The Hall–Kier alpha value is -2.70. The number of ketones is 2. The van der Waals surface area contributed by atoms with Crippen molar-refractivity contribution in [2.45, 2.75) is 92.9 Å². The summed E-state index contributed by atoms with van der Waals surface area (Å²) in [5.41, 5.74) is 1.50. The summed E-state index contributed by atoms with van der Waals surface area (Å²) < 4.78 is 11.6. The maximum atomic E-state index is 13.7. The molecular formula is C38H60N2O4. The Kier molecular flexibility index (Phi) is 18.7. The summed E-state index contributed by atoms with van der Waals surface area (Å²) in [5, 5.41) is 0. The largest absolute Gasteiger partial charge is 0.494 e. The molecule has 0 radical (unpaired) electrons. The quantitative estimate of drug-likeness (QED) is 0.0831. The average Bonchev–Trinajstić information content (AvgIpc) is 3.06. The van der Waals surface area contributed by atoms with Crippen molar-refractivity contribution < 1.29 is 19.1 Å². The van der Waals surface area contributed by atoms with Gasteiger partial charge in [-0.05, 0) is 100 Å². The van der Waals surface area contributed by atoms with Crippen molar-refractivity contribution in [2.24, 2.45) is 11.8 Å². The summed E-state index contributed by atoms with van der Waals surface area (Å²) in [4.78, 5) is 32.1. The Balaban J connectivity index is 2.07. The molecule has 0 saturated heterocycles. The number of hydrogen-bond donors (Lipinski definition) is 0. The molecule has 0 aliphatic carbocycles. The summed E-state index contributed by atoms with van der Waals surface area (Å²) >= 11 is 0. The van der Waals surface area contributed by atoms with E-state index in [2.05, 4.69) is 51.3 Å². The number of hydrogen-bond acceptors (Lipinski definition) is 6. The molecule has 2 rings (SSSR count). The van der Waals surface area contributed by atoms with Crippen molar-refractivity contribution in [1.29, 1.82) is 0 Å². The molecule has 44 heavy (non-hydrogen) atoms. The van der Waals surface area contributed by atoms with Crippen LogP contribution in [0.1, 0.15) is 114 Å². The van der Waals surface area contributed by atoms with Gasteiger partial charge in [0, 0.05) is 36.1 Å². The maximum absolute atomic E-state index is 13.7. The Morgan fingerprint density at radius 1 is 0.545 bits per heavy atom. The molecule has 0 bridgehead atoms. The van der Waals surface area contributed by atoms with E-state index in [4.69, 9.17) is 9.47 Å². The molecule has 0 amide bonds. The molecule has 2 aromatic rings. The van der Waals surface area contributed by atoms with E-state index in [1.54, 1.807) is 0 Å². The fourth-order valence-corrected chi connectivity index (χ4v) is 5.55. The molecule has 246 valence electrons. The monoisotopic (exact) mass is 608 g/mol. The van der Waals surface area contributed by atoms with Crippen LogP contribution < -0.4 is 9.47 Å². The third-order valence-electron chi connectivity index (χ3n) is 8.65. The highest BCUT2D eigenvalue weighted by Crippen LogP contribution is 2.24. The van der Waals surface area contributed by atoms with E-state index in [1.807, 2.05) is 48.5 Å². The first-order valence-electron chi connectivity index (χ1n) is 17.4. The van der Waals surface area contributed by atoms with Crippen LogP contribution in [-0.2, 0) is 0 Å². The predicted octanol–water partition coefficient (Wildman–Crippen LogP) is 8.59. The van der Waals surface area contributed by atoms with E-state index in [1.165, 1.54) is 0 Å². The van der Waals surface area contributed by atoms with E-state index in [9.17, 15) is 9.59 Å². The third kappa shape index (κ3) is 13.1. The fraction of sp³-hybridized carbons (Fsp3) is 0.632. The predicted molar refractivity (Wildman–Crippen MR) is 183 cm³/mol. The van der Waals surface area contributed by atoms with Crippen molar-refractivity contribution in [3.8, 4) is 11.5 Å². The van der Waals surface area contributed by atoms with Gasteiger partial charge >= 0.3 is 0 Å². The number of nitrogens with zero attached hydrogens (tertiary/aromatic N) is 2. The lowest BCUT2D eigenvalue weighted by Crippen LogP contribution is -2.34. The van der Waals surface area contributed by atoms with Gasteiger partial charge < -0.3 is 19.3 Å². The molecule has 6 heteroatoms. The highest BCUT2D eigenvalue weighted by Gasteiger charge is 2.25. The summed E-state index contributed by atoms with van der Waals surface area (Å²) in [6.45, 7) is 19.5. The van der Waals surface area contributed by atoms with Crippen molar-refractivity contribution in [2.75, 3.05) is 52.5 Å². The molecule has 0 aliphatic rings. The molecule has 0 aromatic heterocycles. The van der Waals surface area contributed by atoms with Gasteiger partial charge in [0.05, 0.1) is 13.2 Å². The third-order valence-corrected chi connectivity index (χ3v) is 8.65. The van der Waals surface area contributed by atoms with E-state index in [0.717, 1.165) is 113 Å². The van der Waals surface area contributed by atoms with Gasteiger partial charge in [-0.25, -0.2) is 0 Å². The van der Waals surface area contributed by atoms with Crippen molar-refractivity contribution in [1.82, 2.24) is 9.80 Å². The summed E-state index contributed by atoms with van der Waals surface area (Å²) in [7, 11) is 0. The average molecular weight is 609 g/mol. The molecule has 2 atom stereocenters. The Labute approximate surface area is 268 Å². The van der Waals surface area contributed by atoms with Gasteiger partial charge in [0.2, 0.25) is 0 Å². The number of carbonyl (C=O) groups excluding carboxylic acids is 2. The van der Waals surface area contributed by atoms with Gasteiger partial charge in [-0.3, -0.25) is 9.59 Å². The molecule has 6 nitrogen and oxygen atoms in total. The Bertz CT molecular complexity index is 960. The van der Waals surface area contributed by atoms with Crippen LogP contribution in [0.2, 0.25) is 0 Å². The normalized spacial score (nSPS) is 12.8. The number of carbonyl (C=O) groups is 2. The van der Waals surface area contributed by atoms with Gasteiger partial charge in [-0.2, -0.15) is 0 Å². The number of Topliss-reactive ketones (excluding diaryl/α,β-unsaturated/α-hetero) is 2. The number of rotatable bonds is 25. The smallest absolute Gasteiger partial charge is 0.167 e. The van der Waals surface area contributed by atoms with E-state index in [0.29, 0.717) is 13.2 Å². The lowest BCUT2D eigenvalue weighted by Gasteiger charge is -2.26. The topological polar surface area (TPSA) is 59.1 Å². The molecule has 0 unspecified atom stereocenters. The zero-order valence-electron chi connectivity index (χ0n) is 28.6. The highest BCUT2D eigenvalue weighted by molar-refractivity contribution is 5.98. The van der Waals surface area contributed by atoms with E-state index in [-0.39, 0.29) is 23.4 Å². The summed E-state index contributed by atoms with van der Waals surface area (Å²) in [5.74, 6) is 1.90. The van der Waals surface area contributed by atoms with Gasteiger partial charge in [-0.1, -0.05) is 67.2 Å². The first kappa shape index (κ1) is 37.5. The molecule has 0 fully saturated rings. The van der Waals surface area contributed by atoms with Crippen LogP contribution in [-0.4, -0.2) is 73.8 Å². The standard InChI is InChI=1S/C38H60N2O4/c1-7-13-27-43-35-23-19-31(20-24-35)37(41)33(29-39(9-3)10-4)17-15-16-18-34(30-40(11-5)12-6)38(42)32-21-25-36(26-22-32)44-28-14-8-2/h19-26,33-34H,7-18,27-30H2,1-6H3/t33-,34-/m0/s1. The van der Waals surface area contributed by atoms with E-state index < -0.39 is 0 Å². The second kappa shape index (κ2) is 21.9.